The van der Waals surface area contributed by atoms with Gasteiger partial charge in [-0.1, -0.05) is 13.3 Å². The van der Waals surface area contributed by atoms with E-state index in [2.05, 4.69) is 20.8 Å². The predicted octanol–water partition coefficient (Wildman–Crippen LogP) is 3.49. The van der Waals surface area contributed by atoms with Crippen LogP contribution in [0.4, 0.5) is 21.7 Å². The minimum Gasteiger partial charge on any atom is -0.339 e. The number of anilines is 3. The summed E-state index contributed by atoms with van der Waals surface area (Å²) in [5.74, 6) is 0.580. The lowest BCUT2D eigenvalue weighted by Gasteiger charge is -2.06. The van der Waals surface area contributed by atoms with Crippen molar-refractivity contribution in [2.45, 2.75) is 26.2 Å². The molecule has 2 N–H and O–H groups in total. The van der Waals surface area contributed by atoms with Crippen molar-refractivity contribution in [1.29, 1.82) is 0 Å². The molecule has 110 valence electrons. The van der Waals surface area contributed by atoms with Crippen LogP contribution >= 0.6 is 0 Å². The maximum Gasteiger partial charge on any atom is 0.225 e. The van der Waals surface area contributed by atoms with E-state index in [4.69, 9.17) is 0 Å². The second-order valence-corrected chi connectivity index (χ2v) is 4.59. The second kappa shape index (κ2) is 7.33. The summed E-state index contributed by atoms with van der Waals surface area (Å²) >= 11 is 0. The normalized spacial score (nSPS) is 10.2. The largest absolute Gasteiger partial charge is 0.339 e. The van der Waals surface area contributed by atoms with Gasteiger partial charge in [-0.05, 0) is 42.8 Å². The van der Waals surface area contributed by atoms with Crippen LogP contribution in [0, 0.1) is 5.82 Å². The Labute approximate surface area is 122 Å². The average Bonchev–Trinajstić information content (AvgIpc) is 2.49. The zero-order chi connectivity index (χ0) is 15.1. The highest BCUT2D eigenvalue weighted by Crippen LogP contribution is 2.15. The minimum atomic E-state index is -0.295. The predicted molar refractivity (Wildman–Crippen MR) is 79.9 cm³/mol. The van der Waals surface area contributed by atoms with Gasteiger partial charge >= 0.3 is 0 Å². The third-order valence-electron chi connectivity index (χ3n) is 2.81. The van der Waals surface area contributed by atoms with Gasteiger partial charge in [-0.25, -0.2) is 4.39 Å². The van der Waals surface area contributed by atoms with Crippen molar-refractivity contribution in [3.63, 3.8) is 0 Å². The van der Waals surface area contributed by atoms with E-state index in [0.29, 0.717) is 23.7 Å². The third kappa shape index (κ3) is 4.83. The first-order valence-electron chi connectivity index (χ1n) is 6.83. The number of hydrogen-bond acceptors (Lipinski definition) is 4. The summed E-state index contributed by atoms with van der Waals surface area (Å²) in [7, 11) is 0. The standard InChI is InChI=1S/C15H17FN4O/c1-2-3-4-15(21)18-14-10-9-13(19-20-14)17-12-7-5-11(16)6-8-12/h5-10H,2-4H2,1H3,(H,17,19)(H,18,20,21). The summed E-state index contributed by atoms with van der Waals surface area (Å²) < 4.78 is 12.8. The molecular weight excluding hydrogens is 271 g/mol. The number of hydrogen-bond donors (Lipinski definition) is 2. The van der Waals surface area contributed by atoms with E-state index in [9.17, 15) is 9.18 Å². The van der Waals surface area contributed by atoms with Gasteiger partial charge in [0.1, 0.15) is 5.82 Å². The van der Waals surface area contributed by atoms with Gasteiger partial charge in [0, 0.05) is 12.1 Å². The first-order chi connectivity index (χ1) is 10.2. The smallest absolute Gasteiger partial charge is 0.225 e. The Bertz CT molecular complexity index is 584. The number of amides is 1. The monoisotopic (exact) mass is 288 g/mol. The van der Waals surface area contributed by atoms with Gasteiger partial charge in [0.15, 0.2) is 11.6 Å². The molecule has 2 aromatic rings. The highest BCUT2D eigenvalue weighted by Gasteiger charge is 2.04. The molecule has 21 heavy (non-hydrogen) atoms. The molecule has 1 heterocycles. The van der Waals surface area contributed by atoms with Crippen molar-refractivity contribution >= 4 is 23.2 Å². The van der Waals surface area contributed by atoms with Gasteiger partial charge in [-0.15, -0.1) is 10.2 Å². The number of nitrogens with one attached hydrogen (secondary N) is 2. The Morgan fingerprint density at radius 3 is 2.38 bits per heavy atom. The highest BCUT2D eigenvalue weighted by molar-refractivity contribution is 5.89. The molecule has 0 aliphatic rings. The van der Waals surface area contributed by atoms with Gasteiger partial charge in [0.2, 0.25) is 5.91 Å². The number of carbonyl (C=O) groups excluding carboxylic acids is 1. The van der Waals surface area contributed by atoms with Crippen molar-refractivity contribution in [3.05, 3.63) is 42.2 Å². The molecule has 0 atom stereocenters. The number of halogens is 1. The highest BCUT2D eigenvalue weighted by atomic mass is 19.1. The van der Waals surface area contributed by atoms with Crippen molar-refractivity contribution < 1.29 is 9.18 Å². The maximum atomic E-state index is 12.8. The molecular formula is C15H17FN4O. The number of carbonyl (C=O) groups is 1. The van der Waals surface area contributed by atoms with Crippen LogP contribution in [-0.4, -0.2) is 16.1 Å². The molecule has 0 bridgehead atoms. The molecule has 0 saturated heterocycles. The SMILES string of the molecule is CCCCC(=O)Nc1ccc(Nc2ccc(F)cc2)nn1. The van der Waals surface area contributed by atoms with E-state index >= 15 is 0 Å². The lowest BCUT2D eigenvalue weighted by atomic mass is 10.2. The minimum absolute atomic E-state index is 0.0645. The van der Waals surface area contributed by atoms with Crippen LogP contribution < -0.4 is 10.6 Å². The number of rotatable bonds is 6. The van der Waals surface area contributed by atoms with Gasteiger partial charge < -0.3 is 10.6 Å². The summed E-state index contributed by atoms with van der Waals surface area (Å²) in [6.45, 7) is 2.03. The van der Waals surface area contributed by atoms with Crippen molar-refractivity contribution in [2.75, 3.05) is 10.6 Å². The molecule has 1 aromatic carbocycles. The molecule has 1 amide bonds. The molecule has 0 radical (unpaired) electrons. The Hall–Kier alpha value is -2.50. The summed E-state index contributed by atoms with van der Waals surface area (Å²) in [5.41, 5.74) is 0.713. The molecule has 0 aliphatic heterocycles. The Morgan fingerprint density at radius 1 is 1.10 bits per heavy atom. The van der Waals surface area contributed by atoms with Crippen molar-refractivity contribution in [2.24, 2.45) is 0 Å². The van der Waals surface area contributed by atoms with Crippen LogP contribution in [0.5, 0.6) is 0 Å². The average molecular weight is 288 g/mol. The number of benzene rings is 1. The van der Waals surface area contributed by atoms with E-state index in [1.807, 2.05) is 6.92 Å². The van der Waals surface area contributed by atoms with Crippen molar-refractivity contribution in [3.8, 4) is 0 Å². The lowest BCUT2D eigenvalue weighted by molar-refractivity contribution is -0.116. The van der Waals surface area contributed by atoms with Crippen LogP contribution in [0.3, 0.4) is 0 Å². The Balaban J connectivity index is 1.92. The van der Waals surface area contributed by atoms with E-state index in [1.165, 1.54) is 12.1 Å². The molecule has 5 nitrogen and oxygen atoms in total. The molecule has 0 spiro atoms. The van der Waals surface area contributed by atoms with Gasteiger partial charge in [-0.3, -0.25) is 4.79 Å². The molecule has 0 fully saturated rings. The number of aromatic nitrogens is 2. The topological polar surface area (TPSA) is 66.9 Å². The molecule has 0 unspecified atom stereocenters. The first kappa shape index (κ1) is 14.9. The summed E-state index contributed by atoms with van der Waals surface area (Å²) in [6.07, 6.45) is 2.30. The number of unbranched alkanes of at least 4 members (excludes halogenated alkanes) is 1. The molecule has 0 saturated carbocycles. The molecule has 2 rings (SSSR count). The molecule has 1 aromatic heterocycles. The summed E-state index contributed by atoms with van der Waals surface area (Å²) in [5, 5.41) is 13.6. The molecule has 6 heteroatoms. The summed E-state index contributed by atoms with van der Waals surface area (Å²) in [6, 6.07) is 9.31. The van der Waals surface area contributed by atoms with Gasteiger partial charge in [0.05, 0.1) is 0 Å². The quantitative estimate of drug-likeness (QED) is 0.854. The lowest BCUT2D eigenvalue weighted by Crippen LogP contribution is -2.12. The van der Waals surface area contributed by atoms with Crippen LogP contribution in [-0.2, 0) is 4.79 Å². The van der Waals surface area contributed by atoms with Crippen LogP contribution in [0.2, 0.25) is 0 Å². The van der Waals surface area contributed by atoms with Crippen LogP contribution in [0.15, 0.2) is 36.4 Å². The Morgan fingerprint density at radius 2 is 1.76 bits per heavy atom. The zero-order valence-corrected chi connectivity index (χ0v) is 11.8. The van der Waals surface area contributed by atoms with E-state index in [0.717, 1.165) is 12.8 Å². The fourth-order valence-electron chi connectivity index (χ4n) is 1.69. The van der Waals surface area contributed by atoms with E-state index in [-0.39, 0.29) is 11.7 Å². The van der Waals surface area contributed by atoms with Crippen LogP contribution in [0.1, 0.15) is 26.2 Å². The van der Waals surface area contributed by atoms with Gasteiger partial charge in [-0.2, -0.15) is 0 Å². The fraction of sp³-hybridized carbons (Fsp3) is 0.267. The Kier molecular flexibility index (Phi) is 5.20. The van der Waals surface area contributed by atoms with E-state index in [1.54, 1.807) is 24.3 Å². The first-order valence-corrected chi connectivity index (χ1v) is 6.83. The fourth-order valence-corrected chi connectivity index (χ4v) is 1.69. The van der Waals surface area contributed by atoms with E-state index < -0.39 is 0 Å². The number of nitrogens with zero attached hydrogens (tertiary/aromatic N) is 2. The molecule has 0 aliphatic carbocycles. The third-order valence-corrected chi connectivity index (χ3v) is 2.81. The second-order valence-electron chi connectivity index (χ2n) is 4.59. The van der Waals surface area contributed by atoms with Gasteiger partial charge in [0.25, 0.3) is 0 Å². The van der Waals surface area contributed by atoms with Crippen LogP contribution in [0.25, 0.3) is 0 Å². The summed E-state index contributed by atoms with van der Waals surface area (Å²) in [4.78, 5) is 11.5. The zero-order valence-electron chi connectivity index (χ0n) is 11.8. The maximum absolute atomic E-state index is 12.8. The van der Waals surface area contributed by atoms with Crippen molar-refractivity contribution in [1.82, 2.24) is 10.2 Å².